The van der Waals surface area contributed by atoms with Crippen LogP contribution in [-0.2, 0) is 0 Å². The minimum absolute atomic E-state index is 0.266. The minimum Gasteiger partial charge on any atom is -0.474 e. The second kappa shape index (κ2) is 4.09. The summed E-state index contributed by atoms with van der Waals surface area (Å²) in [5, 5.41) is 2.95. The molecule has 1 aromatic heterocycles. The lowest BCUT2D eigenvalue weighted by atomic mass is 9.70. The smallest absolute Gasteiger partial charge is 0.225 e. The minimum atomic E-state index is 0.266. The third-order valence-electron chi connectivity index (χ3n) is 5.83. The molecule has 104 valence electrons. The number of nitrogens with zero attached hydrogens (tertiary/aromatic N) is 2. The Hall–Kier alpha value is -1.32. The molecule has 0 spiro atoms. The molecule has 4 heteroatoms. The van der Waals surface area contributed by atoms with Gasteiger partial charge in [0.05, 0.1) is 0 Å². The van der Waals surface area contributed by atoms with Crippen LogP contribution in [0.25, 0.3) is 0 Å². The summed E-state index contributed by atoms with van der Waals surface area (Å²) in [6.07, 6.45) is 5.78. The lowest BCUT2D eigenvalue weighted by Crippen LogP contribution is -2.39. The lowest BCUT2D eigenvalue weighted by Gasteiger charge is -2.38. The molecule has 2 saturated carbocycles. The predicted molar refractivity (Wildman–Crippen MR) is 75.2 cm³/mol. The Morgan fingerprint density at radius 3 is 2.74 bits per heavy atom. The highest BCUT2D eigenvalue weighted by Crippen LogP contribution is 2.66. The lowest BCUT2D eigenvalue weighted by molar-refractivity contribution is 0.0273. The molecular formula is C15H23N3O. The van der Waals surface area contributed by atoms with Crippen LogP contribution in [-0.4, -0.2) is 23.1 Å². The van der Waals surface area contributed by atoms with E-state index >= 15 is 0 Å². The largest absolute Gasteiger partial charge is 0.474 e. The van der Waals surface area contributed by atoms with Crippen molar-refractivity contribution in [3.8, 4) is 5.88 Å². The van der Waals surface area contributed by atoms with Crippen LogP contribution in [0.1, 0.15) is 40.0 Å². The molecule has 1 heterocycles. The van der Waals surface area contributed by atoms with Gasteiger partial charge in [-0.1, -0.05) is 20.8 Å². The molecule has 3 unspecified atom stereocenters. The van der Waals surface area contributed by atoms with Crippen LogP contribution < -0.4 is 10.1 Å². The number of hydrogen-bond donors (Lipinski definition) is 1. The summed E-state index contributed by atoms with van der Waals surface area (Å²) in [4.78, 5) is 8.50. The van der Waals surface area contributed by atoms with Gasteiger partial charge in [0.25, 0.3) is 0 Å². The van der Waals surface area contributed by atoms with Gasteiger partial charge in [-0.25, -0.2) is 4.98 Å². The summed E-state index contributed by atoms with van der Waals surface area (Å²) in [6, 6.07) is 1.85. The Bertz CT molecular complexity index is 488. The van der Waals surface area contributed by atoms with Gasteiger partial charge >= 0.3 is 0 Å². The molecule has 3 rings (SSSR count). The number of hydrogen-bond acceptors (Lipinski definition) is 4. The first-order valence-corrected chi connectivity index (χ1v) is 7.15. The summed E-state index contributed by atoms with van der Waals surface area (Å²) in [6.45, 7) is 7.17. The Labute approximate surface area is 115 Å². The normalized spacial score (nSPS) is 35.4. The van der Waals surface area contributed by atoms with Crippen LogP contribution in [0.2, 0.25) is 0 Å². The summed E-state index contributed by atoms with van der Waals surface area (Å²) in [5.74, 6) is 2.09. The summed E-state index contributed by atoms with van der Waals surface area (Å²) in [5.41, 5.74) is 0.638. The van der Waals surface area contributed by atoms with E-state index in [1.807, 2.05) is 13.1 Å². The van der Waals surface area contributed by atoms with Crippen LogP contribution in [0, 0.1) is 16.7 Å². The van der Waals surface area contributed by atoms with E-state index in [1.54, 1.807) is 6.20 Å². The van der Waals surface area contributed by atoms with Crippen molar-refractivity contribution in [2.45, 2.75) is 46.1 Å². The Morgan fingerprint density at radius 1 is 1.37 bits per heavy atom. The zero-order valence-corrected chi connectivity index (χ0v) is 12.2. The molecule has 3 atom stereocenters. The molecule has 0 amide bonds. The average molecular weight is 261 g/mol. The van der Waals surface area contributed by atoms with Gasteiger partial charge in [0.2, 0.25) is 11.8 Å². The van der Waals surface area contributed by atoms with E-state index in [1.165, 1.54) is 12.8 Å². The maximum absolute atomic E-state index is 6.20. The van der Waals surface area contributed by atoms with E-state index in [0.29, 0.717) is 17.2 Å². The third kappa shape index (κ3) is 1.72. The first-order chi connectivity index (χ1) is 8.97. The van der Waals surface area contributed by atoms with Gasteiger partial charge in [0, 0.05) is 24.7 Å². The fraction of sp³-hybridized carbons (Fsp3) is 0.733. The number of fused-ring (bicyclic) bond motifs is 2. The van der Waals surface area contributed by atoms with Gasteiger partial charge < -0.3 is 10.1 Å². The van der Waals surface area contributed by atoms with Gasteiger partial charge in [-0.2, -0.15) is 4.98 Å². The molecule has 2 bridgehead atoms. The summed E-state index contributed by atoms with van der Waals surface area (Å²) >= 11 is 0. The molecule has 19 heavy (non-hydrogen) atoms. The second-order valence-corrected chi connectivity index (χ2v) is 6.69. The monoisotopic (exact) mass is 261 g/mol. The van der Waals surface area contributed by atoms with Crippen LogP contribution in [0.15, 0.2) is 12.3 Å². The number of aromatic nitrogens is 2. The molecule has 4 nitrogen and oxygen atoms in total. The molecule has 1 aromatic rings. The van der Waals surface area contributed by atoms with Gasteiger partial charge in [-0.15, -0.1) is 0 Å². The zero-order chi connectivity index (χ0) is 13.7. The fourth-order valence-corrected chi connectivity index (χ4v) is 3.98. The highest BCUT2D eigenvalue weighted by molar-refractivity contribution is 5.26. The van der Waals surface area contributed by atoms with E-state index < -0.39 is 0 Å². The van der Waals surface area contributed by atoms with Crippen LogP contribution in [0.3, 0.4) is 0 Å². The van der Waals surface area contributed by atoms with Crippen LogP contribution in [0.5, 0.6) is 5.88 Å². The van der Waals surface area contributed by atoms with Crippen molar-refractivity contribution in [3.05, 3.63) is 12.3 Å². The number of anilines is 1. The Balaban J connectivity index is 1.82. The van der Waals surface area contributed by atoms with E-state index in [4.69, 9.17) is 4.74 Å². The maximum Gasteiger partial charge on any atom is 0.225 e. The van der Waals surface area contributed by atoms with E-state index in [-0.39, 0.29) is 11.5 Å². The van der Waals surface area contributed by atoms with Gasteiger partial charge in [-0.05, 0) is 30.6 Å². The molecule has 2 aliphatic rings. The summed E-state index contributed by atoms with van der Waals surface area (Å²) in [7, 11) is 1.82. The van der Waals surface area contributed by atoms with Crippen molar-refractivity contribution in [3.63, 3.8) is 0 Å². The van der Waals surface area contributed by atoms with Crippen molar-refractivity contribution in [1.82, 2.24) is 9.97 Å². The van der Waals surface area contributed by atoms with Crippen molar-refractivity contribution in [1.29, 1.82) is 0 Å². The van der Waals surface area contributed by atoms with E-state index in [2.05, 4.69) is 36.1 Å². The van der Waals surface area contributed by atoms with Crippen LogP contribution in [0.4, 0.5) is 5.95 Å². The molecule has 0 aromatic carbocycles. The topological polar surface area (TPSA) is 47.0 Å². The molecule has 0 radical (unpaired) electrons. The first-order valence-electron chi connectivity index (χ1n) is 7.15. The van der Waals surface area contributed by atoms with Gasteiger partial charge in [0.15, 0.2) is 0 Å². The standard InChI is InChI=1S/C15H23N3O/c1-14(2)10-5-7-15(14,3)11(9-10)19-12-6-8-17-13(16-4)18-12/h6,8,10-11H,5,7,9H2,1-4H3,(H,16,17,18). The number of ether oxygens (including phenoxy) is 1. The summed E-state index contributed by atoms with van der Waals surface area (Å²) < 4.78 is 6.20. The predicted octanol–water partition coefficient (Wildman–Crippen LogP) is 3.11. The van der Waals surface area contributed by atoms with Gasteiger partial charge in [0.1, 0.15) is 6.10 Å². The molecule has 2 fully saturated rings. The number of rotatable bonds is 3. The highest BCUT2D eigenvalue weighted by atomic mass is 16.5. The second-order valence-electron chi connectivity index (χ2n) is 6.69. The van der Waals surface area contributed by atoms with Gasteiger partial charge in [-0.3, -0.25) is 0 Å². The Morgan fingerprint density at radius 2 is 2.16 bits per heavy atom. The van der Waals surface area contributed by atoms with Crippen LogP contribution >= 0.6 is 0 Å². The molecule has 2 aliphatic carbocycles. The van der Waals surface area contributed by atoms with Crippen molar-refractivity contribution < 1.29 is 4.74 Å². The third-order valence-corrected chi connectivity index (χ3v) is 5.83. The number of nitrogens with one attached hydrogen (secondary N) is 1. The van der Waals surface area contributed by atoms with Crippen molar-refractivity contribution >= 4 is 5.95 Å². The van der Waals surface area contributed by atoms with Crippen molar-refractivity contribution in [2.75, 3.05) is 12.4 Å². The maximum atomic E-state index is 6.20. The van der Waals surface area contributed by atoms with E-state index in [0.717, 1.165) is 12.3 Å². The fourth-order valence-electron chi connectivity index (χ4n) is 3.98. The molecular weight excluding hydrogens is 238 g/mol. The molecule has 0 aliphatic heterocycles. The highest BCUT2D eigenvalue weighted by Gasteiger charge is 2.62. The average Bonchev–Trinajstić information content (AvgIpc) is 2.72. The van der Waals surface area contributed by atoms with Crippen molar-refractivity contribution in [2.24, 2.45) is 16.7 Å². The molecule has 1 N–H and O–H groups in total. The molecule has 0 saturated heterocycles. The first kappa shape index (κ1) is 12.7. The Kier molecular flexibility index (Phi) is 2.73. The van der Waals surface area contributed by atoms with E-state index in [9.17, 15) is 0 Å². The SMILES string of the molecule is CNc1nccc(OC2CC3CCC2(C)C3(C)C)n1. The quantitative estimate of drug-likeness (QED) is 0.908. The zero-order valence-electron chi connectivity index (χ0n) is 12.2.